The van der Waals surface area contributed by atoms with E-state index in [0.29, 0.717) is 0 Å². The van der Waals surface area contributed by atoms with Crippen LogP contribution in [0.1, 0.15) is 50.2 Å². The molecule has 112 valence electrons. The average molecular weight is 288 g/mol. The van der Waals surface area contributed by atoms with Crippen LogP contribution in [0.5, 0.6) is 0 Å². The largest absolute Gasteiger partial charge is 0.0651 e. The summed E-state index contributed by atoms with van der Waals surface area (Å²) in [7, 11) is 0. The molecule has 0 spiro atoms. The smallest absolute Gasteiger partial charge is 0.0102 e. The Hall–Kier alpha value is -1.82. The van der Waals surface area contributed by atoms with Gasteiger partial charge in [-0.15, -0.1) is 0 Å². The maximum absolute atomic E-state index is 2.43. The predicted octanol–water partition coefficient (Wildman–Crippen LogP) is 6.46. The van der Waals surface area contributed by atoms with Crippen LogP contribution in [0, 0.1) is 5.92 Å². The molecular weight excluding hydrogens is 264 g/mol. The van der Waals surface area contributed by atoms with E-state index in [-0.39, 0.29) is 0 Å². The molecule has 0 heteroatoms. The van der Waals surface area contributed by atoms with E-state index in [2.05, 4.69) is 62.4 Å². The van der Waals surface area contributed by atoms with Gasteiger partial charge in [0.2, 0.25) is 0 Å². The van der Waals surface area contributed by atoms with Gasteiger partial charge in [-0.3, -0.25) is 0 Å². The summed E-state index contributed by atoms with van der Waals surface area (Å²) in [6, 6.07) is 18.2. The van der Waals surface area contributed by atoms with Crippen LogP contribution < -0.4 is 0 Å². The van der Waals surface area contributed by atoms with Gasteiger partial charge in [0.25, 0.3) is 0 Å². The van der Waals surface area contributed by atoms with E-state index < -0.39 is 0 Å². The Labute approximate surface area is 133 Å². The van der Waals surface area contributed by atoms with Crippen molar-refractivity contribution < 1.29 is 0 Å². The molecule has 3 aromatic carbocycles. The van der Waals surface area contributed by atoms with Crippen LogP contribution in [0.15, 0.2) is 48.5 Å². The van der Waals surface area contributed by atoms with Crippen molar-refractivity contribution in [2.45, 2.75) is 45.4 Å². The van der Waals surface area contributed by atoms with Gasteiger partial charge in [-0.2, -0.15) is 0 Å². The lowest BCUT2D eigenvalue weighted by molar-refractivity contribution is 0.397. The summed E-state index contributed by atoms with van der Waals surface area (Å²) < 4.78 is 0. The highest BCUT2D eigenvalue weighted by Crippen LogP contribution is 2.41. The number of hydrogen-bond donors (Lipinski definition) is 0. The molecule has 22 heavy (non-hydrogen) atoms. The van der Waals surface area contributed by atoms with E-state index >= 15 is 0 Å². The maximum Gasteiger partial charge on any atom is -0.0102 e. The molecule has 2 unspecified atom stereocenters. The van der Waals surface area contributed by atoms with Crippen molar-refractivity contribution in [1.29, 1.82) is 0 Å². The number of hydrogen-bond acceptors (Lipinski definition) is 0. The Kier molecular flexibility index (Phi) is 3.41. The summed E-state index contributed by atoms with van der Waals surface area (Å²) in [4.78, 5) is 0. The normalized spacial score (nSPS) is 19.3. The topological polar surface area (TPSA) is 0 Å². The van der Waals surface area contributed by atoms with E-state index in [1.54, 1.807) is 11.1 Å². The summed E-state index contributed by atoms with van der Waals surface area (Å²) in [5.41, 5.74) is 3.25. The average Bonchev–Trinajstić information content (AvgIpc) is 2.59. The summed E-state index contributed by atoms with van der Waals surface area (Å²) in [5.74, 6) is 1.54. The molecule has 0 nitrogen and oxygen atoms in total. The first-order chi connectivity index (χ1) is 10.8. The fourth-order valence-electron chi connectivity index (χ4n) is 4.32. The number of benzene rings is 3. The monoisotopic (exact) mass is 288 g/mol. The van der Waals surface area contributed by atoms with Gasteiger partial charge in [0.05, 0.1) is 0 Å². The standard InChI is InChI=1S/C22H24/c1-3-15(2)17-9-6-10-19-20(17)13-14-21-18-8-5-4-7-16(18)11-12-22(19)21/h4-5,7-8,11-15,17H,3,6,9-10H2,1-2H3. The molecule has 4 rings (SSSR count). The lowest BCUT2D eigenvalue weighted by Crippen LogP contribution is -2.16. The SMILES string of the molecule is CCC(C)C1CCCc2c1ccc1c2ccc2ccccc21. The van der Waals surface area contributed by atoms with Gasteiger partial charge in [0.1, 0.15) is 0 Å². The summed E-state index contributed by atoms with van der Waals surface area (Å²) in [5, 5.41) is 5.67. The molecule has 0 heterocycles. The molecule has 1 aliphatic carbocycles. The Morgan fingerprint density at radius 1 is 0.955 bits per heavy atom. The van der Waals surface area contributed by atoms with Crippen LogP contribution >= 0.6 is 0 Å². The molecule has 0 radical (unpaired) electrons. The summed E-state index contributed by atoms with van der Waals surface area (Å²) in [6.45, 7) is 4.75. The first kappa shape index (κ1) is 13.8. The summed E-state index contributed by atoms with van der Waals surface area (Å²) in [6.07, 6.45) is 5.23. The van der Waals surface area contributed by atoms with Crippen LogP contribution in [0.25, 0.3) is 21.5 Å². The fourth-order valence-corrected chi connectivity index (χ4v) is 4.32. The van der Waals surface area contributed by atoms with E-state index in [9.17, 15) is 0 Å². The second-order valence-corrected chi connectivity index (χ2v) is 6.90. The molecule has 0 amide bonds. The third-order valence-corrected chi connectivity index (χ3v) is 5.75. The van der Waals surface area contributed by atoms with Gasteiger partial charge in [0, 0.05) is 0 Å². The highest BCUT2D eigenvalue weighted by molar-refractivity contribution is 6.08. The minimum atomic E-state index is 0.754. The van der Waals surface area contributed by atoms with Crippen LogP contribution in [-0.2, 0) is 6.42 Å². The lowest BCUT2D eigenvalue weighted by atomic mass is 9.74. The molecule has 0 fully saturated rings. The third-order valence-electron chi connectivity index (χ3n) is 5.75. The van der Waals surface area contributed by atoms with Gasteiger partial charge in [-0.1, -0.05) is 68.8 Å². The molecule has 0 N–H and O–H groups in total. The van der Waals surface area contributed by atoms with Gasteiger partial charge >= 0.3 is 0 Å². The molecule has 0 bridgehead atoms. The Bertz CT molecular complexity index is 828. The molecule has 0 saturated heterocycles. The van der Waals surface area contributed by atoms with Gasteiger partial charge in [-0.25, -0.2) is 0 Å². The van der Waals surface area contributed by atoms with E-state index in [1.165, 1.54) is 47.2 Å². The van der Waals surface area contributed by atoms with Gasteiger partial charge in [0.15, 0.2) is 0 Å². The van der Waals surface area contributed by atoms with Crippen LogP contribution in [0.3, 0.4) is 0 Å². The first-order valence-electron chi connectivity index (χ1n) is 8.73. The van der Waals surface area contributed by atoms with Crippen molar-refractivity contribution in [3.8, 4) is 0 Å². The number of aryl methyl sites for hydroxylation is 1. The zero-order chi connectivity index (χ0) is 15.1. The van der Waals surface area contributed by atoms with E-state index in [0.717, 1.165) is 11.8 Å². The second-order valence-electron chi connectivity index (χ2n) is 6.90. The molecule has 0 aromatic heterocycles. The minimum Gasteiger partial charge on any atom is -0.0651 e. The quantitative estimate of drug-likeness (QED) is 0.475. The van der Waals surface area contributed by atoms with Crippen LogP contribution in [0.4, 0.5) is 0 Å². The Morgan fingerprint density at radius 3 is 2.64 bits per heavy atom. The molecular formula is C22H24. The zero-order valence-electron chi connectivity index (χ0n) is 13.6. The summed E-state index contributed by atoms with van der Waals surface area (Å²) >= 11 is 0. The van der Waals surface area contributed by atoms with Crippen molar-refractivity contribution in [3.63, 3.8) is 0 Å². The third kappa shape index (κ3) is 2.05. The number of fused-ring (bicyclic) bond motifs is 5. The Balaban J connectivity index is 1.98. The van der Waals surface area contributed by atoms with Crippen molar-refractivity contribution >= 4 is 21.5 Å². The fraction of sp³-hybridized carbons (Fsp3) is 0.364. The van der Waals surface area contributed by atoms with Crippen LogP contribution in [-0.4, -0.2) is 0 Å². The Morgan fingerprint density at radius 2 is 1.77 bits per heavy atom. The van der Waals surface area contributed by atoms with Crippen molar-refractivity contribution in [2.24, 2.45) is 5.92 Å². The minimum absolute atomic E-state index is 0.754. The second kappa shape index (κ2) is 5.43. The highest BCUT2D eigenvalue weighted by atomic mass is 14.3. The van der Waals surface area contributed by atoms with E-state index in [4.69, 9.17) is 0 Å². The van der Waals surface area contributed by atoms with Crippen LogP contribution in [0.2, 0.25) is 0 Å². The van der Waals surface area contributed by atoms with E-state index in [1.807, 2.05) is 0 Å². The van der Waals surface area contributed by atoms with Crippen molar-refractivity contribution in [2.75, 3.05) is 0 Å². The molecule has 3 aromatic rings. The zero-order valence-corrected chi connectivity index (χ0v) is 13.6. The molecule has 0 aliphatic heterocycles. The maximum atomic E-state index is 2.43. The van der Waals surface area contributed by atoms with Crippen molar-refractivity contribution in [3.05, 3.63) is 59.7 Å². The van der Waals surface area contributed by atoms with Gasteiger partial charge < -0.3 is 0 Å². The predicted molar refractivity (Wildman–Crippen MR) is 96.6 cm³/mol. The number of rotatable bonds is 2. The molecule has 2 atom stereocenters. The molecule has 1 aliphatic rings. The lowest BCUT2D eigenvalue weighted by Gasteiger charge is -2.31. The van der Waals surface area contributed by atoms with Crippen molar-refractivity contribution in [1.82, 2.24) is 0 Å². The highest BCUT2D eigenvalue weighted by Gasteiger charge is 2.25. The van der Waals surface area contributed by atoms with Gasteiger partial charge in [-0.05, 0) is 63.8 Å². The first-order valence-corrected chi connectivity index (χ1v) is 8.73. The molecule has 0 saturated carbocycles.